The van der Waals surface area contributed by atoms with E-state index < -0.39 is 6.17 Å². The lowest BCUT2D eigenvalue weighted by molar-refractivity contribution is 0.0580. The Labute approximate surface area is 128 Å². The van der Waals surface area contributed by atoms with Gasteiger partial charge in [0.25, 0.3) is 0 Å². The molecule has 21 heavy (non-hydrogen) atoms. The Balaban J connectivity index is 0.000000263. The summed E-state index contributed by atoms with van der Waals surface area (Å²) in [6, 6.07) is 6.05. The van der Waals surface area contributed by atoms with Crippen LogP contribution in [0.4, 0.5) is 4.39 Å². The van der Waals surface area contributed by atoms with E-state index in [-0.39, 0.29) is 0 Å². The van der Waals surface area contributed by atoms with Crippen LogP contribution < -0.4 is 0 Å². The van der Waals surface area contributed by atoms with Crippen molar-refractivity contribution in [2.45, 2.75) is 52.8 Å². The number of hydrogen-bond donors (Lipinski definition) is 0. The van der Waals surface area contributed by atoms with Crippen LogP contribution in [0.5, 0.6) is 0 Å². The van der Waals surface area contributed by atoms with Gasteiger partial charge < -0.3 is 4.74 Å². The summed E-state index contributed by atoms with van der Waals surface area (Å²) in [6.07, 6.45) is 2.89. The van der Waals surface area contributed by atoms with Gasteiger partial charge in [-0.05, 0) is 31.4 Å². The highest BCUT2D eigenvalue weighted by molar-refractivity contribution is 5.11. The standard InChI is InChI=1S/C11H15FN2.C4H8O.C2H6/c1-2-10-4-3-5-11(13-10)8-14-6-9(12)7-14;1-2-4-5-3-1;1-2/h3-5,9H,2,6-8H2,1H3;1-4H2;1-2H3. The van der Waals surface area contributed by atoms with Crippen molar-refractivity contribution in [3.05, 3.63) is 29.6 Å². The molecule has 0 radical (unpaired) electrons. The maximum atomic E-state index is 12.6. The van der Waals surface area contributed by atoms with Crippen LogP contribution in [0.25, 0.3) is 0 Å². The number of alkyl halides is 1. The second-order valence-electron chi connectivity index (χ2n) is 5.08. The van der Waals surface area contributed by atoms with E-state index in [0.29, 0.717) is 13.1 Å². The molecule has 0 N–H and O–H groups in total. The summed E-state index contributed by atoms with van der Waals surface area (Å²) in [4.78, 5) is 6.55. The summed E-state index contributed by atoms with van der Waals surface area (Å²) in [7, 11) is 0. The quantitative estimate of drug-likeness (QED) is 0.852. The summed E-state index contributed by atoms with van der Waals surface area (Å²) < 4.78 is 17.5. The molecule has 120 valence electrons. The molecule has 1 aromatic rings. The molecule has 1 aromatic heterocycles. The average Bonchev–Trinajstić information content (AvgIpc) is 3.07. The van der Waals surface area contributed by atoms with Gasteiger partial charge in [-0.3, -0.25) is 9.88 Å². The minimum atomic E-state index is -0.621. The lowest BCUT2D eigenvalue weighted by Gasteiger charge is -2.33. The van der Waals surface area contributed by atoms with Crippen molar-refractivity contribution in [2.75, 3.05) is 26.3 Å². The van der Waals surface area contributed by atoms with Crippen molar-refractivity contribution in [2.24, 2.45) is 0 Å². The van der Waals surface area contributed by atoms with Gasteiger partial charge in [0.15, 0.2) is 0 Å². The van der Waals surface area contributed by atoms with Crippen LogP contribution >= 0.6 is 0 Å². The number of halogens is 1. The van der Waals surface area contributed by atoms with E-state index in [1.165, 1.54) is 12.8 Å². The van der Waals surface area contributed by atoms with E-state index in [4.69, 9.17) is 4.74 Å². The lowest BCUT2D eigenvalue weighted by atomic mass is 10.1. The highest BCUT2D eigenvalue weighted by atomic mass is 19.1. The molecular formula is C17H29FN2O. The molecule has 2 aliphatic rings. The number of likely N-dealkylation sites (tertiary alicyclic amines) is 1. The van der Waals surface area contributed by atoms with Crippen molar-refractivity contribution in [1.82, 2.24) is 9.88 Å². The van der Waals surface area contributed by atoms with E-state index in [0.717, 1.165) is 37.6 Å². The third-order valence-corrected chi connectivity index (χ3v) is 3.35. The Bertz CT molecular complexity index is 369. The summed E-state index contributed by atoms with van der Waals surface area (Å²) in [5, 5.41) is 0. The SMILES string of the molecule is C1CCOC1.CC.CCc1cccc(CN2CC(F)C2)n1. The van der Waals surface area contributed by atoms with Gasteiger partial charge in [0.05, 0.1) is 5.69 Å². The Morgan fingerprint density at radius 1 is 1.19 bits per heavy atom. The zero-order chi connectivity index (χ0) is 15.5. The number of ether oxygens (including phenoxy) is 1. The van der Waals surface area contributed by atoms with Crippen molar-refractivity contribution < 1.29 is 9.13 Å². The topological polar surface area (TPSA) is 25.4 Å². The van der Waals surface area contributed by atoms with Crippen LogP contribution in [-0.2, 0) is 17.7 Å². The fourth-order valence-corrected chi connectivity index (χ4v) is 2.19. The number of rotatable bonds is 3. The molecule has 4 heteroatoms. The molecule has 3 rings (SSSR count). The van der Waals surface area contributed by atoms with Crippen LogP contribution in [0.15, 0.2) is 18.2 Å². The molecule has 0 spiro atoms. The molecule has 2 aliphatic heterocycles. The molecule has 2 fully saturated rings. The van der Waals surface area contributed by atoms with E-state index in [2.05, 4.69) is 16.8 Å². The summed E-state index contributed by atoms with van der Waals surface area (Å²) >= 11 is 0. The number of nitrogens with zero attached hydrogens (tertiary/aromatic N) is 2. The molecule has 0 bridgehead atoms. The lowest BCUT2D eigenvalue weighted by Crippen LogP contribution is -2.47. The van der Waals surface area contributed by atoms with Gasteiger partial charge in [0.2, 0.25) is 0 Å². The maximum absolute atomic E-state index is 12.6. The van der Waals surface area contributed by atoms with Gasteiger partial charge >= 0.3 is 0 Å². The second-order valence-corrected chi connectivity index (χ2v) is 5.08. The van der Waals surface area contributed by atoms with Crippen LogP contribution in [0.1, 0.15) is 45.0 Å². The minimum Gasteiger partial charge on any atom is -0.381 e. The van der Waals surface area contributed by atoms with Crippen LogP contribution in [0.2, 0.25) is 0 Å². The van der Waals surface area contributed by atoms with E-state index in [1.54, 1.807) is 0 Å². The maximum Gasteiger partial charge on any atom is 0.125 e. The monoisotopic (exact) mass is 296 g/mol. The van der Waals surface area contributed by atoms with Crippen LogP contribution in [-0.4, -0.2) is 42.4 Å². The molecular weight excluding hydrogens is 267 g/mol. The van der Waals surface area contributed by atoms with Gasteiger partial charge in [-0.2, -0.15) is 0 Å². The number of pyridine rings is 1. The molecule has 2 saturated heterocycles. The highest BCUT2D eigenvalue weighted by Gasteiger charge is 2.25. The highest BCUT2D eigenvalue weighted by Crippen LogP contribution is 2.14. The van der Waals surface area contributed by atoms with Crippen molar-refractivity contribution in [3.8, 4) is 0 Å². The van der Waals surface area contributed by atoms with Gasteiger partial charge in [-0.25, -0.2) is 4.39 Å². The Morgan fingerprint density at radius 3 is 2.29 bits per heavy atom. The van der Waals surface area contributed by atoms with E-state index in [1.807, 2.05) is 32.0 Å². The smallest absolute Gasteiger partial charge is 0.125 e. The molecule has 0 amide bonds. The summed E-state index contributed by atoms with van der Waals surface area (Å²) in [5.74, 6) is 0. The molecule has 0 atom stereocenters. The fourth-order valence-electron chi connectivity index (χ4n) is 2.19. The van der Waals surface area contributed by atoms with Crippen molar-refractivity contribution >= 4 is 0 Å². The third-order valence-electron chi connectivity index (χ3n) is 3.35. The number of hydrogen-bond acceptors (Lipinski definition) is 3. The average molecular weight is 296 g/mol. The van der Waals surface area contributed by atoms with Crippen LogP contribution in [0.3, 0.4) is 0 Å². The Kier molecular flexibility index (Phi) is 9.19. The normalized spacial score (nSPS) is 18.1. The minimum absolute atomic E-state index is 0.567. The largest absolute Gasteiger partial charge is 0.381 e. The number of aryl methyl sites for hydroxylation is 1. The molecule has 3 nitrogen and oxygen atoms in total. The first-order valence-electron chi connectivity index (χ1n) is 8.17. The predicted octanol–water partition coefficient (Wildman–Crippen LogP) is 3.62. The second kappa shape index (κ2) is 10.7. The zero-order valence-electron chi connectivity index (χ0n) is 13.6. The zero-order valence-corrected chi connectivity index (χ0v) is 13.6. The predicted molar refractivity (Wildman–Crippen MR) is 85.2 cm³/mol. The first kappa shape index (κ1) is 18.1. The van der Waals surface area contributed by atoms with Crippen molar-refractivity contribution in [1.29, 1.82) is 0 Å². The number of aromatic nitrogens is 1. The van der Waals surface area contributed by atoms with Gasteiger partial charge in [0, 0.05) is 38.5 Å². The molecule has 0 aliphatic carbocycles. The summed E-state index contributed by atoms with van der Waals surface area (Å²) in [6.45, 7) is 10.0. The van der Waals surface area contributed by atoms with Gasteiger partial charge in [-0.1, -0.05) is 26.8 Å². The molecule has 0 aromatic carbocycles. The Morgan fingerprint density at radius 2 is 1.81 bits per heavy atom. The van der Waals surface area contributed by atoms with E-state index >= 15 is 0 Å². The molecule has 0 saturated carbocycles. The molecule has 0 unspecified atom stereocenters. The fraction of sp³-hybridized carbons (Fsp3) is 0.706. The Hall–Kier alpha value is -1.00. The first-order chi connectivity index (χ1) is 10.3. The summed E-state index contributed by atoms with van der Waals surface area (Å²) in [5.41, 5.74) is 2.16. The van der Waals surface area contributed by atoms with Gasteiger partial charge in [-0.15, -0.1) is 0 Å². The first-order valence-corrected chi connectivity index (χ1v) is 8.17. The van der Waals surface area contributed by atoms with Crippen molar-refractivity contribution in [3.63, 3.8) is 0 Å². The third kappa shape index (κ3) is 7.00. The van der Waals surface area contributed by atoms with E-state index in [9.17, 15) is 4.39 Å². The van der Waals surface area contributed by atoms with Crippen LogP contribution in [0, 0.1) is 0 Å². The van der Waals surface area contributed by atoms with Gasteiger partial charge in [0.1, 0.15) is 6.17 Å². The molecule has 3 heterocycles.